The molecule has 1 atom stereocenters. The van der Waals surface area contributed by atoms with E-state index in [4.69, 9.17) is 5.73 Å². The SMILES string of the molecule is CCC(C)C(=O)N(C)C(C)(C)CN. The summed E-state index contributed by atoms with van der Waals surface area (Å²) in [7, 11) is 1.82. The molecule has 1 unspecified atom stereocenters. The number of nitrogens with zero attached hydrogens (tertiary/aromatic N) is 1. The minimum absolute atomic E-state index is 0.0934. The van der Waals surface area contributed by atoms with Crippen LogP contribution in [-0.2, 0) is 4.79 Å². The molecule has 0 saturated heterocycles. The van der Waals surface area contributed by atoms with E-state index in [9.17, 15) is 4.79 Å². The summed E-state index contributed by atoms with van der Waals surface area (Å²) in [5.41, 5.74) is 5.36. The summed E-state index contributed by atoms with van der Waals surface area (Å²) >= 11 is 0. The Balaban J connectivity index is 4.42. The Morgan fingerprint density at radius 3 is 2.31 bits per heavy atom. The summed E-state index contributed by atoms with van der Waals surface area (Å²) in [6.45, 7) is 8.42. The zero-order valence-corrected chi connectivity index (χ0v) is 9.42. The second kappa shape index (κ2) is 4.61. The summed E-state index contributed by atoms with van der Waals surface area (Å²) in [6.07, 6.45) is 0.879. The van der Waals surface area contributed by atoms with Gasteiger partial charge in [0.05, 0.1) is 0 Å². The fourth-order valence-electron chi connectivity index (χ4n) is 0.940. The molecule has 0 aliphatic rings. The van der Waals surface area contributed by atoms with Crippen LogP contribution in [0.1, 0.15) is 34.1 Å². The largest absolute Gasteiger partial charge is 0.339 e. The van der Waals surface area contributed by atoms with Crippen molar-refractivity contribution >= 4 is 5.91 Å². The average Bonchev–Trinajstić information content (AvgIpc) is 2.14. The van der Waals surface area contributed by atoms with Gasteiger partial charge < -0.3 is 10.6 Å². The van der Waals surface area contributed by atoms with Crippen LogP contribution in [0.25, 0.3) is 0 Å². The first-order chi connectivity index (χ1) is 5.86. The molecule has 0 fully saturated rings. The Morgan fingerprint density at radius 2 is 2.00 bits per heavy atom. The lowest BCUT2D eigenvalue weighted by atomic mass is 10.00. The van der Waals surface area contributed by atoms with Crippen molar-refractivity contribution in [2.75, 3.05) is 13.6 Å². The van der Waals surface area contributed by atoms with Crippen molar-refractivity contribution in [3.8, 4) is 0 Å². The zero-order chi connectivity index (χ0) is 10.6. The standard InChI is InChI=1S/C10H22N2O/c1-6-8(2)9(13)12(5)10(3,4)7-11/h8H,6-7,11H2,1-5H3. The van der Waals surface area contributed by atoms with Gasteiger partial charge >= 0.3 is 0 Å². The molecule has 0 aromatic rings. The van der Waals surface area contributed by atoms with Gasteiger partial charge in [-0.2, -0.15) is 0 Å². The van der Waals surface area contributed by atoms with Crippen LogP contribution in [-0.4, -0.2) is 29.9 Å². The van der Waals surface area contributed by atoms with Crippen LogP contribution in [0.5, 0.6) is 0 Å². The Labute approximate surface area is 81.3 Å². The normalized spacial score (nSPS) is 14.0. The highest BCUT2D eigenvalue weighted by molar-refractivity contribution is 5.78. The molecule has 0 radical (unpaired) electrons. The van der Waals surface area contributed by atoms with Crippen molar-refractivity contribution in [2.24, 2.45) is 11.7 Å². The van der Waals surface area contributed by atoms with Crippen molar-refractivity contribution in [1.29, 1.82) is 0 Å². The molecule has 0 rings (SSSR count). The highest BCUT2D eigenvalue weighted by Crippen LogP contribution is 2.15. The van der Waals surface area contributed by atoms with Gasteiger partial charge in [-0.1, -0.05) is 13.8 Å². The number of hydrogen-bond donors (Lipinski definition) is 1. The fraction of sp³-hybridized carbons (Fsp3) is 0.900. The van der Waals surface area contributed by atoms with E-state index in [0.29, 0.717) is 6.54 Å². The molecule has 0 saturated carbocycles. The highest BCUT2D eigenvalue weighted by Gasteiger charge is 2.28. The Morgan fingerprint density at radius 1 is 1.54 bits per heavy atom. The summed E-state index contributed by atoms with van der Waals surface area (Å²) < 4.78 is 0. The van der Waals surface area contributed by atoms with Gasteiger partial charge in [-0.05, 0) is 20.3 Å². The van der Waals surface area contributed by atoms with Crippen molar-refractivity contribution < 1.29 is 4.79 Å². The maximum atomic E-state index is 11.7. The maximum absolute atomic E-state index is 11.7. The van der Waals surface area contributed by atoms with E-state index >= 15 is 0 Å². The molecule has 3 heteroatoms. The van der Waals surface area contributed by atoms with Gasteiger partial charge in [-0.25, -0.2) is 0 Å². The van der Waals surface area contributed by atoms with E-state index in [1.165, 1.54) is 0 Å². The number of carbonyl (C=O) groups is 1. The van der Waals surface area contributed by atoms with Gasteiger partial charge in [0.25, 0.3) is 0 Å². The average molecular weight is 186 g/mol. The summed E-state index contributed by atoms with van der Waals surface area (Å²) in [4.78, 5) is 13.5. The van der Waals surface area contributed by atoms with Gasteiger partial charge in [0.1, 0.15) is 0 Å². The minimum Gasteiger partial charge on any atom is -0.339 e. The fourth-order valence-corrected chi connectivity index (χ4v) is 0.940. The molecule has 1 amide bonds. The number of carbonyl (C=O) groups excluding carboxylic acids is 1. The topological polar surface area (TPSA) is 46.3 Å². The van der Waals surface area contributed by atoms with Gasteiger partial charge in [0.2, 0.25) is 5.91 Å². The predicted molar refractivity (Wildman–Crippen MR) is 55.4 cm³/mol. The zero-order valence-electron chi connectivity index (χ0n) is 9.42. The highest BCUT2D eigenvalue weighted by atomic mass is 16.2. The summed E-state index contributed by atoms with van der Waals surface area (Å²) in [5.74, 6) is 0.272. The van der Waals surface area contributed by atoms with Crippen LogP contribution in [0, 0.1) is 5.92 Å². The van der Waals surface area contributed by atoms with Crippen LogP contribution in [0.3, 0.4) is 0 Å². The van der Waals surface area contributed by atoms with Gasteiger partial charge in [0, 0.05) is 25.0 Å². The second-order valence-electron chi connectivity index (χ2n) is 4.22. The molecular weight excluding hydrogens is 164 g/mol. The minimum atomic E-state index is -0.236. The third-order valence-corrected chi connectivity index (χ3v) is 2.77. The maximum Gasteiger partial charge on any atom is 0.225 e. The van der Waals surface area contributed by atoms with Crippen LogP contribution in [0.4, 0.5) is 0 Å². The lowest BCUT2D eigenvalue weighted by Gasteiger charge is -2.36. The van der Waals surface area contributed by atoms with Gasteiger partial charge in [0.15, 0.2) is 0 Å². The van der Waals surface area contributed by atoms with Gasteiger partial charge in [-0.15, -0.1) is 0 Å². The van der Waals surface area contributed by atoms with E-state index in [1.807, 2.05) is 34.7 Å². The van der Waals surface area contributed by atoms with Crippen molar-refractivity contribution in [3.63, 3.8) is 0 Å². The first-order valence-electron chi connectivity index (χ1n) is 4.84. The van der Waals surface area contributed by atoms with E-state index in [0.717, 1.165) is 6.42 Å². The van der Waals surface area contributed by atoms with Crippen LogP contribution in [0.2, 0.25) is 0 Å². The molecule has 0 aliphatic carbocycles. The van der Waals surface area contributed by atoms with Gasteiger partial charge in [-0.3, -0.25) is 4.79 Å². The molecule has 13 heavy (non-hydrogen) atoms. The Hall–Kier alpha value is -0.570. The molecule has 0 heterocycles. The molecule has 0 spiro atoms. The number of rotatable bonds is 4. The number of amides is 1. The third kappa shape index (κ3) is 2.99. The van der Waals surface area contributed by atoms with E-state index < -0.39 is 0 Å². The number of likely N-dealkylation sites (N-methyl/N-ethyl adjacent to an activating group) is 1. The molecule has 2 N–H and O–H groups in total. The first-order valence-corrected chi connectivity index (χ1v) is 4.84. The van der Waals surface area contributed by atoms with Crippen LogP contribution >= 0.6 is 0 Å². The number of hydrogen-bond acceptors (Lipinski definition) is 2. The number of nitrogens with two attached hydrogens (primary N) is 1. The van der Waals surface area contributed by atoms with Crippen LogP contribution < -0.4 is 5.73 Å². The monoisotopic (exact) mass is 186 g/mol. The third-order valence-electron chi connectivity index (χ3n) is 2.77. The van der Waals surface area contributed by atoms with E-state index in [1.54, 1.807) is 4.90 Å². The molecule has 0 bridgehead atoms. The molecule has 0 aromatic carbocycles. The quantitative estimate of drug-likeness (QED) is 0.717. The van der Waals surface area contributed by atoms with Crippen LogP contribution in [0.15, 0.2) is 0 Å². The molecular formula is C10H22N2O. The molecule has 78 valence electrons. The lowest BCUT2D eigenvalue weighted by molar-refractivity contribution is -0.138. The second-order valence-corrected chi connectivity index (χ2v) is 4.22. The Bertz CT molecular complexity index is 178. The molecule has 0 aromatic heterocycles. The summed E-state index contributed by atoms with van der Waals surface area (Å²) in [5, 5.41) is 0. The smallest absolute Gasteiger partial charge is 0.225 e. The predicted octanol–water partition coefficient (Wildman–Crippen LogP) is 1.23. The van der Waals surface area contributed by atoms with Crippen molar-refractivity contribution in [3.05, 3.63) is 0 Å². The first kappa shape index (κ1) is 12.4. The molecule has 0 aliphatic heterocycles. The van der Waals surface area contributed by atoms with Crippen molar-refractivity contribution in [1.82, 2.24) is 4.90 Å². The molecule has 3 nitrogen and oxygen atoms in total. The Kier molecular flexibility index (Phi) is 4.40. The lowest BCUT2D eigenvalue weighted by Crippen LogP contribution is -2.51. The van der Waals surface area contributed by atoms with E-state index in [-0.39, 0.29) is 17.4 Å². The van der Waals surface area contributed by atoms with Crippen molar-refractivity contribution in [2.45, 2.75) is 39.7 Å². The van der Waals surface area contributed by atoms with E-state index in [2.05, 4.69) is 0 Å². The summed E-state index contributed by atoms with van der Waals surface area (Å²) in [6, 6.07) is 0.